The van der Waals surface area contributed by atoms with Crippen LogP contribution in [0.15, 0.2) is 24.3 Å². The van der Waals surface area contributed by atoms with Crippen molar-refractivity contribution < 1.29 is 4.43 Å². The summed E-state index contributed by atoms with van der Waals surface area (Å²) in [5.41, 5.74) is 7.14. The maximum absolute atomic E-state index is 6.07. The Balaban J connectivity index is 2.75. The SMILES string of the molecule is CC(C)(C)c1ccc(O[Si](C)(C)CCN)cc1. The van der Waals surface area contributed by atoms with Crippen LogP contribution < -0.4 is 10.2 Å². The van der Waals surface area contributed by atoms with Gasteiger partial charge in [-0.3, -0.25) is 0 Å². The van der Waals surface area contributed by atoms with Gasteiger partial charge in [-0.2, -0.15) is 0 Å². The van der Waals surface area contributed by atoms with Gasteiger partial charge in [-0.1, -0.05) is 32.9 Å². The minimum absolute atomic E-state index is 0.197. The predicted octanol–water partition coefficient (Wildman–Crippen LogP) is 3.53. The molecule has 0 atom stereocenters. The third kappa shape index (κ3) is 4.52. The molecular formula is C14H25NOSi. The Bertz CT molecular complexity index is 351. The molecule has 0 heterocycles. The van der Waals surface area contributed by atoms with Gasteiger partial charge in [-0.05, 0) is 48.8 Å². The maximum atomic E-state index is 6.07. The van der Waals surface area contributed by atoms with E-state index in [1.165, 1.54) is 5.56 Å². The summed E-state index contributed by atoms with van der Waals surface area (Å²) in [5.74, 6) is 0.975. The van der Waals surface area contributed by atoms with Crippen LogP contribution in [0.2, 0.25) is 19.1 Å². The Morgan fingerprint density at radius 2 is 1.65 bits per heavy atom. The average Bonchev–Trinajstić information content (AvgIpc) is 2.16. The molecule has 1 aromatic carbocycles. The monoisotopic (exact) mass is 251 g/mol. The van der Waals surface area contributed by atoms with Crippen molar-refractivity contribution in [1.29, 1.82) is 0 Å². The first-order valence-electron chi connectivity index (χ1n) is 6.24. The second kappa shape index (κ2) is 5.23. The van der Waals surface area contributed by atoms with Crippen LogP contribution in [0.25, 0.3) is 0 Å². The van der Waals surface area contributed by atoms with Gasteiger partial charge in [0.25, 0.3) is 0 Å². The number of nitrogens with two attached hydrogens (primary N) is 1. The zero-order valence-corrected chi connectivity index (χ0v) is 12.7. The van der Waals surface area contributed by atoms with Gasteiger partial charge in [-0.25, -0.2) is 0 Å². The Labute approximate surface area is 106 Å². The highest BCUT2D eigenvalue weighted by Crippen LogP contribution is 2.25. The molecule has 1 aromatic rings. The highest BCUT2D eigenvalue weighted by Gasteiger charge is 2.23. The first kappa shape index (κ1) is 14.3. The van der Waals surface area contributed by atoms with Crippen LogP contribution in [-0.4, -0.2) is 14.9 Å². The molecule has 96 valence electrons. The quantitative estimate of drug-likeness (QED) is 0.831. The molecule has 0 aliphatic rings. The van der Waals surface area contributed by atoms with E-state index in [-0.39, 0.29) is 5.41 Å². The highest BCUT2D eigenvalue weighted by atomic mass is 28.4. The third-order valence-corrected chi connectivity index (χ3v) is 5.14. The molecule has 0 saturated carbocycles. The molecule has 0 spiro atoms. The van der Waals surface area contributed by atoms with Gasteiger partial charge in [-0.15, -0.1) is 0 Å². The van der Waals surface area contributed by atoms with Gasteiger partial charge in [0.2, 0.25) is 8.32 Å². The van der Waals surface area contributed by atoms with E-state index in [2.05, 4.69) is 58.1 Å². The van der Waals surface area contributed by atoms with E-state index in [4.69, 9.17) is 10.2 Å². The zero-order chi connectivity index (χ0) is 13.1. The molecular weight excluding hydrogens is 226 g/mol. The van der Waals surface area contributed by atoms with Gasteiger partial charge < -0.3 is 10.2 Å². The van der Waals surface area contributed by atoms with Crippen LogP contribution in [0.4, 0.5) is 0 Å². The minimum Gasteiger partial charge on any atom is -0.544 e. The largest absolute Gasteiger partial charge is 0.544 e. The molecule has 0 bridgehead atoms. The summed E-state index contributed by atoms with van der Waals surface area (Å²) in [5, 5.41) is 0. The van der Waals surface area contributed by atoms with Crippen LogP contribution in [-0.2, 0) is 5.41 Å². The van der Waals surface area contributed by atoms with Crippen molar-refractivity contribution in [3.63, 3.8) is 0 Å². The van der Waals surface area contributed by atoms with E-state index in [0.29, 0.717) is 6.54 Å². The molecule has 0 saturated heterocycles. The topological polar surface area (TPSA) is 35.2 Å². The standard InChI is InChI=1S/C14H25NOSi/c1-14(2,3)12-6-8-13(9-7-12)16-17(4,5)11-10-15/h6-9H,10-11,15H2,1-5H3. The lowest BCUT2D eigenvalue weighted by Gasteiger charge is -2.24. The molecule has 0 unspecified atom stereocenters. The van der Waals surface area contributed by atoms with E-state index in [0.717, 1.165) is 11.8 Å². The van der Waals surface area contributed by atoms with Crippen molar-refractivity contribution in [1.82, 2.24) is 0 Å². The van der Waals surface area contributed by atoms with E-state index >= 15 is 0 Å². The first-order chi connectivity index (χ1) is 7.74. The third-order valence-electron chi connectivity index (χ3n) is 2.86. The van der Waals surface area contributed by atoms with Crippen molar-refractivity contribution in [2.45, 2.75) is 45.3 Å². The normalized spacial score (nSPS) is 12.6. The molecule has 0 aliphatic carbocycles. The molecule has 0 aromatic heterocycles. The van der Waals surface area contributed by atoms with E-state index < -0.39 is 8.32 Å². The van der Waals surface area contributed by atoms with Gasteiger partial charge in [0.05, 0.1) is 0 Å². The fourth-order valence-electron chi connectivity index (χ4n) is 1.74. The molecule has 0 amide bonds. The number of benzene rings is 1. The zero-order valence-electron chi connectivity index (χ0n) is 11.7. The van der Waals surface area contributed by atoms with Crippen LogP contribution in [0, 0.1) is 0 Å². The van der Waals surface area contributed by atoms with Crippen molar-refractivity contribution in [3.05, 3.63) is 29.8 Å². The molecule has 1 rings (SSSR count). The molecule has 2 nitrogen and oxygen atoms in total. The van der Waals surface area contributed by atoms with Crippen molar-refractivity contribution >= 4 is 8.32 Å². The van der Waals surface area contributed by atoms with Crippen LogP contribution in [0.3, 0.4) is 0 Å². The van der Waals surface area contributed by atoms with Crippen molar-refractivity contribution in [2.75, 3.05) is 6.54 Å². The van der Waals surface area contributed by atoms with Crippen LogP contribution in [0.1, 0.15) is 26.3 Å². The Morgan fingerprint density at radius 3 is 2.06 bits per heavy atom. The fraction of sp³-hybridized carbons (Fsp3) is 0.571. The van der Waals surface area contributed by atoms with Gasteiger partial charge in [0, 0.05) is 0 Å². The second-order valence-corrected chi connectivity index (χ2v) is 10.4. The number of hydrogen-bond donors (Lipinski definition) is 1. The van der Waals surface area contributed by atoms with Gasteiger partial charge in [0.15, 0.2) is 0 Å². The minimum atomic E-state index is -1.63. The van der Waals surface area contributed by atoms with E-state index in [9.17, 15) is 0 Å². The van der Waals surface area contributed by atoms with Gasteiger partial charge in [0.1, 0.15) is 5.75 Å². The average molecular weight is 251 g/mol. The van der Waals surface area contributed by atoms with E-state index in [1.807, 2.05) is 0 Å². The summed E-state index contributed by atoms with van der Waals surface area (Å²) >= 11 is 0. The Hall–Kier alpha value is -0.803. The summed E-state index contributed by atoms with van der Waals surface area (Å²) < 4.78 is 6.07. The predicted molar refractivity (Wildman–Crippen MR) is 77.1 cm³/mol. The molecule has 17 heavy (non-hydrogen) atoms. The lowest BCUT2D eigenvalue weighted by Crippen LogP contribution is -2.36. The van der Waals surface area contributed by atoms with Crippen molar-refractivity contribution in [3.8, 4) is 5.75 Å². The first-order valence-corrected chi connectivity index (χ1v) is 9.36. The number of hydrogen-bond acceptors (Lipinski definition) is 2. The van der Waals surface area contributed by atoms with E-state index in [1.54, 1.807) is 0 Å². The highest BCUT2D eigenvalue weighted by molar-refractivity contribution is 6.71. The van der Waals surface area contributed by atoms with Gasteiger partial charge >= 0.3 is 0 Å². The molecule has 3 heteroatoms. The lowest BCUT2D eigenvalue weighted by molar-refractivity contribution is 0.543. The molecule has 0 fully saturated rings. The summed E-state index contributed by atoms with van der Waals surface area (Å²) in [7, 11) is -1.63. The fourth-order valence-corrected chi connectivity index (χ4v) is 3.31. The smallest absolute Gasteiger partial charge is 0.246 e. The Morgan fingerprint density at radius 1 is 1.12 bits per heavy atom. The molecule has 2 N–H and O–H groups in total. The second-order valence-electron chi connectivity index (χ2n) is 6.17. The van der Waals surface area contributed by atoms with Crippen LogP contribution in [0.5, 0.6) is 5.75 Å². The summed E-state index contributed by atoms with van der Waals surface area (Å²) in [6, 6.07) is 9.45. The maximum Gasteiger partial charge on any atom is 0.246 e. The van der Waals surface area contributed by atoms with Crippen LogP contribution >= 0.6 is 0 Å². The summed E-state index contributed by atoms with van der Waals surface area (Å²) in [6.07, 6.45) is 0. The summed E-state index contributed by atoms with van der Waals surface area (Å²) in [4.78, 5) is 0. The Kier molecular flexibility index (Phi) is 4.39. The lowest BCUT2D eigenvalue weighted by atomic mass is 9.87. The van der Waals surface area contributed by atoms with Crippen molar-refractivity contribution in [2.24, 2.45) is 5.73 Å². The molecule has 0 radical (unpaired) electrons. The molecule has 0 aliphatic heterocycles. The summed E-state index contributed by atoms with van der Waals surface area (Å²) in [6.45, 7) is 11.8. The number of rotatable bonds is 4.